The monoisotopic (exact) mass is 778 g/mol. The average Bonchev–Trinajstić information content (AvgIpc) is 3.73. The number of alkyl carbamates (subject to hydrolysis) is 1. The van der Waals surface area contributed by atoms with Crippen LogP contribution < -0.4 is 10.6 Å². The van der Waals surface area contributed by atoms with Crippen LogP contribution in [0.15, 0.2) is 60.9 Å². The fourth-order valence-electron chi connectivity index (χ4n) is 8.22. The number of imidazole rings is 2. The molecule has 4 atom stereocenters. The maximum atomic E-state index is 13.9. The van der Waals surface area contributed by atoms with Gasteiger partial charge in [-0.2, -0.15) is 0 Å². The summed E-state index contributed by atoms with van der Waals surface area (Å²) in [5.41, 5.74) is 6.04. The zero-order valence-electron chi connectivity index (χ0n) is 33.2. The van der Waals surface area contributed by atoms with Crippen molar-refractivity contribution in [3.63, 3.8) is 0 Å². The number of nitrogens with zero attached hydrogens (tertiary/aromatic N) is 4. The molecule has 0 unspecified atom stereocenters. The van der Waals surface area contributed by atoms with Crippen LogP contribution in [-0.4, -0.2) is 85.8 Å². The van der Waals surface area contributed by atoms with Crippen LogP contribution in [0, 0.1) is 17.3 Å². The fraction of sp³-hybridized carbons (Fsp3) is 0.500. The molecule has 1 saturated carbocycles. The van der Waals surface area contributed by atoms with E-state index in [-0.39, 0.29) is 54.5 Å². The van der Waals surface area contributed by atoms with Crippen molar-refractivity contribution in [2.75, 3.05) is 20.2 Å². The van der Waals surface area contributed by atoms with Crippen molar-refractivity contribution in [3.05, 3.63) is 72.6 Å². The van der Waals surface area contributed by atoms with Crippen LogP contribution in [0.5, 0.6) is 0 Å². The Balaban J connectivity index is 0.00000549. The number of rotatable bonds is 12. The first-order valence-electron chi connectivity index (χ1n) is 20.0. The lowest BCUT2D eigenvalue weighted by molar-refractivity contribution is -0.138. The van der Waals surface area contributed by atoms with Gasteiger partial charge in [0.15, 0.2) is 0 Å². The van der Waals surface area contributed by atoms with E-state index in [1.807, 2.05) is 49.9 Å². The largest absolute Gasteiger partial charge is 0.453 e. The highest BCUT2D eigenvalue weighted by Crippen LogP contribution is 2.58. The molecule has 2 aromatic heterocycles. The fourth-order valence-corrected chi connectivity index (χ4v) is 8.22. The first-order chi connectivity index (χ1) is 26.9. The summed E-state index contributed by atoms with van der Waals surface area (Å²) in [6.45, 7) is 10.9. The van der Waals surface area contributed by atoms with Crippen molar-refractivity contribution in [1.82, 2.24) is 40.4 Å². The molecule has 13 nitrogen and oxygen atoms in total. The number of aromatic nitrogens is 4. The SMILES string of the molecule is C.CCC(=O)N[C@H](C(=O)N1CC2(CC2)C[C@H]1c1ncc(-c2ccc(-c3ccc(-c4cnc([C@@H]5CCCN5C(=O)[C@@H](NC(=O)OC)C(C)C)[nH]4)cc3)cc2)[nH]1)C(C)C. The van der Waals surface area contributed by atoms with E-state index in [9.17, 15) is 19.2 Å². The van der Waals surface area contributed by atoms with E-state index in [1.54, 1.807) is 6.92 Å². The number of hydrogen-bond donors (Lipinski definition) is 4. The lowest BCUT2D eigenvalue weighted by atomic mass is 10.0. The quantitative estimate of drug-likeness (QED) is 0.116. The number of hydrogen-bond acceptors (Lipinski definition) is 7. The van der Waals surface area contributed by atoms with E-state index in [4.69, 9.17) is 9.72 Å². The number of benzene rings is 2. The summed E-state index contributed by atoms with van der Waals surface area (Å²) >= 11 is 0. The number of ether oxygens (including phenoxy) is 1. The molecule has 2 aliphatic heterocycles. The molecule has 3 fully saturated rings. The van der Waals surface area contributed by atoms with Gasteiger partial charge in [0.1, 0.15) is 23.7 Å². The summed E-state index contributed by atoms with van der Waals surface area (Å²) in [7, 11) is 1.29. The second-order valence-corrected chi connectivity index (χ2v) is 16.4. The zero-order valence-corrected chi connectivity index (χ0v) is 33.2. The van der Waals surface area contributed by atoms with E-state index >= 15 is 0 Å². The van der Waals surface area contributed by atoms with Gasteiger partial charge in [-0.3, -0.25) is 14.4 Å². The molecule has 304 valence electrons. The third kappa shape index (κ3) is 8.62. The smallest absolute Gasteiger partial charge is 0.407 e. The summed E-state index contributed by atoms with van der Waals surface area (Å²) < 4.78 is 4.76. The zero-order chi connectivity index (χ0) is 39.7. The van der Waals surface area contributed by atoms with Gasteiger partial charge in [-0.05, 0) is 71.6 Å². The minimum Gasteiger partial charge on any atom is -0.453 e. The van der Waals surface area contributed by atoms with E-state index < -0.39 is 18.2 Å². The molecule has 0 radical (unpaired) electrons. The standard InChI is InChI=1S/C43H54N8O5.CH4/c1-7-35(52)48-36(25(2)3)41(54)51-24-43(18-19-43)21-34(51)39-45-23-32(47-39)30-16-12-28(13-17-30)27-10-14-29(15-11-27)31-22-44-38(46-31)33-9-8-20-50(33)40(53)37(26(4)5)49-42(55)56-6;/h10-17,22-23,25-26,33-34,36-37H,7-9,18-21,24H2,1-6H3,(H,44,46)(H,45,47)(H,48,52)(H,49,55);1H4/t33-,34-,36-,37-;/m0./s1. The van der Waals surface area contributed by atoms with Crippen molar-refractivity contribution >= 4 is 23.8 Å². The van der Waals surface area contributed by atoms with Gasteiger partial charge >= 0.3 is 6.09 Å². The Labute approximate surface area is 335 Å². The molecule has 2 saturated heterocycles. The van der Waals surface area contributed by atoms with Crippen molar-refractivity contribution in [3.8, 4) is 33.6 Å². The Morgan fingerprint density at radius 2 is 1.26 bits per heavy atom. The number of carbonyl (C=O) groups excluding carboxylic acids is 4. The lowest BCUT2D eigenvalue weighted by Gasteiger charge is -2.30. The Kier molecular flexibility index (Phi) is 12.2. The van der Waals surface area contributed by atoms with Gasteiger partial charge in [0.25, 0.3) is 0 Å². The van der Waals surface area contributed by atoms with Crippen LogP contribution in [0.25, 0.3) is 33.6 Å². The molecule has 1 aliphatic carbocycles. The van der Waals surface area contributed by atoms with Crippen molar-refractivity contribution in [2.24, 2.45) is 17.3 Å². The molecular weight excluding hydrogens is 721 g/mol. The minimum absolute atomic E-state index is 0. The summed E-state index contributed by atoms with van der Waals surface area (Å²) in [4.78, 5) is 71.9. The van der Waals surface area contributed by atoms with Crippen LogP contribution in [0.3, 0.4) is 0 Å². The van der Waals surface area contributed by atoms with Crippen LogP contribution in [0.4, 0.5) is 4.79 Å². The number of likely N-dealkylation sites (tertiary alicyclic amines) is 2. The molecular formula is C44H58N8O5. The molecule has 2 aromatic carbocycles. The highest BCUT2D eigenvalue weighted by molar-refractivity contribution is 5.88. The number of nitrogens with one attached hydrogen (secondary N) is 4. The van der Waals surface area contributed by atoms with E-state index in [0.29, 0.717) is 19.5 Å². The number of methoxy groups -OCH3 is 1. The Morgan fingerprint density at radius 3 is 1.75 bits per heavy atom. The van der Waals surface area contributed by atoms with Gasteiger partial charge < -0.3 is 35.1 Å². The van der Waals surface area contributed by atoms with Crippen LogP contribution in [-0.2, 0) is 19.1 Å². The first kappa shape index (κ1) is 41.2. The molecule has 7 rings (SSSR count). The molecule has 4 amide bonds. The third-order valence-corrected chi connectivity index (χ3v) is 11.8. The molecule has 4 aromatic rings. The van der Waals surface area contributed by atoms with E-state index in [1.165, 1.54) is 7.11 Å². The topological polar surface area (TPSA) is 165 Å². The predicted molar refractivity (Wildman–Crippen MR) is 219 cm³/mol. The van der Waals surface area contributed by atoms with Gasteiger partial charge in [0, 0.05) is 19.5 Å². The minimum atomic E-state index is -0.684. The third-order valence-electron chi connectivity index (χ3n) is 11.8. The highest BCUT2D eigenvalue weighted by atomic mass is 16.5. The van der Waals surface area contributed by atoms with E-state index in [0.717, 1.165) is 77.4 Å². The molecule has 3 aliphatic rings. The number of H-pyrrole nitrogens is 2. The molecule has 4 heterocycles. The second kappa shape index (κ2) is 17.0. The summed E-state index contributed by atoms with van der Waals surface area (Å²) in [5, 5.41) is 5.66. The van der Waals surface area contributed by atoms with Crippen molar-refractivity contribution < 1.29 is 23.9 Å². The highest BCUT2D eigenvalue weighted by Gasteiger charge is 2.55. The van der Waals surface area contributed by atoms with Gasteiger partial charge in [0.2, 0.25) is 17.7 Å². The predicted octanol–water partition coefficient (Wildman–Crippen LogP) is 7.42. The number of aromatic amines is 2. The van der Waals surface area contributed by atoms with Crippen LogP contribution >= 0.6 is 0 Å². The maximum Gasteiger partial charge on any atom is 0.407 e. The lowest BCUT2D eigenvalue weighted by Crippen LogP contribution is -2.51. The maximum absolute atomic E-state index is 13.9. The Morgan fingerprint density at radius 1 is 0.772 bits per heavy atom. The van der Waals surface area contributed by atoms with Crippen molar-refractivity contribution in [1.29, 1.82) is 0 Å². The summed E-state index contributed by atoms with van der Waals surface area (Å²) in [6.07, 6.45) is 8.11. The van der Waals surface area contributed by atoms with Crippen LogP contribution in [0.2, 0.25) is 0 Å². The summed E-state index contributed by atoms with van der Waals surface area (Å²) in [5.74, 6) is 1.10. The van der Waals surface area contributed by atoms with Crippen molar-refractivity contribution in [2.45, 2.75) is 105 Å². The Bertz CT molecular complexity index is 2050. The first-order valence-corrected chi connectivity index (χ1v) is 20.0. The van der Waals surface area contributed by atoms with Gasteiger partial charge in [-0.25, -0.2) is 14.8 Å². The molecule has 1 spiro atoms. The molecule has 57 heavy (non-hydrogen) atoms. The molecule has 13 heteroatoms. The number of amides is 4. The normalized spacial score (nSPS) is 19.4. The average molecular weight is 779 g/mol. The molecule has 0 bridgehead atoms. The van der Waals surface area contributed by atoms with Gasteiger partial charge in [0.05, 0.1) is 43.0 Å². The summed E-state index contributed by atoms with van der Waals surface area (Å²) in [6, 6.07) is 15.0. The van der Waals surface area contributed by atoms with E-state index in [2.05, 4.69) is 74.1 Å². The Hall–Kier alpha value is -5.46. The second-order valence-electron chi connectivity index (χ2n) is 16.4. The molecule has 4 N–H and O–H groups in total. The number of carbonyl (C=O) groups is 4. The van der Waals surface area contributed by atoms with Gasteiger partial charge in [-0.1, -0.05) is 90.6 Å². The van der Waals surface area contributed by atoms with Crippen LogP contribution in [0.1, 0.15) is 104 Å². The van der Waals surface area contributed by atoms with Gasteiger partial charge in [-0.15, -0.1) is 0 Å².